The molecule has 0 heterocycles. The molecule has 0 aliphatic rings. The van der Waals surface area contributed by atoms with Crippen LogP contribution in [0.25, 0.3) is 0 Å². The molecule has 0 amide bonds. The van der Waals surface area contributed by atoms with E-state index in [1.54, 1.807) is 13.8 Å². The maximum Gasteiger partial charge on any atom is 1.00 e. The van der Waals surface area contributed by atoms with Gasteiger partial charge in [0, 0.05) is 0 Å². The van der Waals surface area contributed by atoms with Crippen molar-refractivity contribution in [3.8, 4) is 0 Å². The summed E-state index contributed by atoms with van der Waals surface area (Å²) in [4.78, 5) is 0. The molecule has 0 fully saturated rings. The van der Waals surface area contributed by atoms with Gasteiger partial charge >= 0.3 is 29.6 Å². The van der Waals surface area contributed by atoms with Gasteiger partial charge in [-0.05, 0) is 25.8 Å². The normalized spacial score (nSPS) is 12.0. The molecule has 3 nitrogen and oxygen atoms in total. The summed E-state index contributed by atoms with van der Waals surface area (Å²) in [6, 6.07) is 9.29. The van der Waals surface area contributed by atoms with Crippen molar-refractivity contribution in [2.24, 2.45) is 0 Å². The van der Waals surface area contributed by atoms with E-state index in [-0.39, 0.29) is 37.6 Å². The van der Waals surface area contributed by atoms with Crippen LogP contribution in [0.4, 0.5) is 0 Å². The van der Waals surface area contributed by atoms with Crippen molar-refractivity contribution in [2.45, 2.75) is 109 Å². The largest absolute Gasteiger partial charge is 1.00 e. The Bertz CT molecular complexity index is 606. The summed E-state index contributed by atoms with van der Waals surface area (Å²) in [5.41, 5.74) is 0.764. The fraction of sp³-hybridized carbons (Fsp3) is 0.750. The molecule has 0 saturated heterocycles. The molecular weight excluding hydrogens is 391 g/mol. The van der Waals surface area contributed by atoms with Gasteiger partial charge in [-0.3, -0.25) is 4.18 Å². The first-order valence-electron chi connectivity index (χ1n) is 11.4. The quantitative estimate of drug-likeness (QED) is 0.206. The molecule has 29 heavy (non-hydrogen) atoms. The first-order valence-corrected chi connectivity index (χ1v) is 12.8. The van der Waals surface area contributed by atoms with E-state index >= 15 is 0 Å². The van der Waals surface area contributed by atoms with Crippen LogP contribution in [0.15, 0.2) is 30.3 Å². The summed E-state index contributed by atoms with van der Waals surface area (Å²) in [5.74, 6) is 0. The molecule has 0 spiro atoms. The van der Waals surface area contributed by atoms with Crippen molar-refractivity contribution in [3.63, 3.8) is 0 Å². The van der Waals surface area contributed by atoms with Gasteiger partial charge in [0.25, 0.3) is 10.1 Å². The summed E-state index contributed by atoms with van der Waals surface area (Å²) < 4.78 is 29.4. The third-order valence-electron chi connectivity index (χ3n) is 5.58. The van der Waals surface area contributed by atoms with E-state index in [9.17, 15) is 8.42 Å². The summed E-state index contributed by atoms with van der Waals surface area (Å²) in [5, 5.41) is 0. The van der Waals surface area contributed by atoms with E-state index in [1.807, 2.05) is 30.3 Å². The Morgan fingerprint density at radius 1 is 0.759 bits per heavy atom. The molecule has 0 bridgehead atoms. The van der Waals surface area contributed by atoms with Gasteiger partial charge in [-0.2, -0.15) is 8.42 Å². The molecule has 1 rings (SSSR count). The van der Waals surface area contributed by atoms with Crippen LogP contribution in [0, 0.1) is 0 Å². The van der Waals surface area contributed by atoms with Crippen molar-refractivity contribution in [1.29, 1.82) is 0 Å². The molecule has 0 atom stereocenters. The SMILES string of the molecule is CCCCCCCCCCCCCCCOS(=O)(=O)C(C)(C)c1ccccc1.[H-].[Na+]. The first-order chi connectivity index (χ1) is 13.4. The standard InChI is InChI=1S/C24H42O3S.Na.H/c1-4-5-6-7-8-9-10-11-12-13-14-15-19-22-27-28(25,26)24(2,3)23-20-17-16-18-21-23;;/h16-18,20-21H,4-15,19,22H2,1-3H3;;/q;+1;-1. The van der Waals surface area contributed by atoms with Crippen LogP contribution in [0.5, 0.6) is 0 Å². The Morgan fingerprint density at radius 3 is 1.62 bits per heavy atom. The molecule has 0 aromatic heterocycles. The number of rotatable bonds is 17. The van der Waals surface area contributed by atoms with Crippen molar-refractivity contribution in [1.82, 2.24) is 0 Å². The van der Waals surface area contributed by atoms with E-state index < -0.39 is 14.9 Å². The van der Waals surface area contributed by atoms with E-state index in [4.69, 9.17) is 4.18 Å². The van der Waals surface area contributed by atoms with E-state index in [0.29, 0.717) is 0 Å². The minimum absolute atomic E-state index is 0. The van der Waals surface area contributed by atoms with Gasteiger partial charge in [-0.15, -0.1) is 0 Å². The van der Waals surface area contributed by atoms with Crippen molar-refractivity contribution < 1.29 is 43.6 Å². The van der Waals surface area contributed by atoms with Gasteiger partial charge < -0.3 is 1.43 Å². The van der Waals surface area contributed by atoms with Crippen LogP contribution < -0.4 is 29.6 Å². The van der Waals surface area contributed by atoms with Gasteiger partial charge in [0.15, 0.2) is 0 Å². The average Bonchev–Trinajstić information content (AvgIpc) is 2.68. The van der Waals surface area contributed by atoms with E-state index in [1.165, 1.54) is 70.6 Å². The first kappa shape index (κ1) is 29.1. The summed E-state index contributed by atoms with van der Waals surface area (Å²) in [6.45, 7) is 5.97. The second kappa shape index (κ2) is 16.8. The van der Waals surface area contributed by atoms with Crippen LogP contribution in [-0.2, 0) is 19.0 Å². The Kier molecular flexibility index (Phi) is 16.9. The summed E-state index contributed by atoms with van der Waals surface area (Å²) >= 11 is 0. The molecule has 0 N–H and O–H groups in total. The zero-order valence-electron chi connectivity index (χ0n) is 20.4. The molecule has 0 unspecified atom stereocenters. The second-order valence-corrected chi connectivity index (χ2v) is 10.6. The van der Waals surface area contributed by atoms with Gasteiger partial charge in [0.2, 0.25) is 0 Å². The molecule has 5 heteroatoms. The molecule has 1 aromatic carbocycles. The Balaban J connectivity index is 0. The molecule has 1 aromatic rings. The Labute approximate surface area is 204 Å². The third kappa shape index (κ3) is 11.9. The van der Waals surface area contributed by atoms with E-state index in [2.05, 4.69) is 6.92 Å². The maximum atomic E-state index is 12.5. The third-order valence-corrected chi connectivity index (χ3v) is 7.54. The van der Waals surface area contributed by atoms with E-state index in [0.717, 1.165) is 18.4 Å². The smallest absolute Gasteiger partial charge is 1.00 e. The van der Waals surface area contributed by atoms with Gasteiger partial charge in [-0.1, -0.05) is 114 Å². The summed E-state index contributed by atoms with van der Waals surface area (Å²) in [7, 11) is -3.63. The van der Waals surface area contributed by atoms with Crippen molar-refractivity contribution in [3.05, 3.63) is 35.9 Å². The minimum atomic E-state index is -3.63. The number of hydrogen-bond acceptors (Lipinski definition) is 3. The monoisotopic (exact) mass is 434 g/mol. The number of hydrogen-bond donors (Lipinski definition) is 0. The molecule has 0 radical (unpaired) electrons. The minimum Gasteiger partial charge on any atom is -1.00 e. The predicted molar refractivity (Wildman–Crippen MR) is 121 cm³/mol. The van der Waals surface area contributed by atoms with Crippen LogP contribution in [0.2, 0.25) is 0 Å². The van der Waals surface area contributed by atoms with Crippen LogP contribution in [0.3, 0.4) is 0 Å². The fourth-order valence-electron chi connectivity index (χ4n) is 3.42. The second-order valence-electron chi connectivity index (χ2n) is 8.40. The molecule has 0 aliphatic heterocycles. The average molecular weight is 435 g/mol. The van der Waals surface area contributed by atoms with Gasteiger partial charge in [0.05, 0.1) is 6.61 Å². The van der Waals surface area contributed by atoms with Gasteiger partial charge in [-0.25, -0.2) is 0 Å². The fourth-order valence-corrected chi connectivity index (χ4v) is 4.48. The molecule has 0 aliphatic carbocycles. The summed E-state index contributed by atoms with van der Waals surface area (Å²) in [6.07, 6.45) is 16.5. The molecule has 0 saturated carbocycles. The zero-order chi connectivity index (χ0) is 20.7. The zero-order valence-corrected chi connectivity index (χ0v) is 22.2. The Morgan fingerprint density at radius 2 is 1.17 bits per heavy atom. The number of benzene rings is 1. The maximum absolute atomic E-state index is 12.5. The molecular formula is C24H43NaO3S. The van der Waals surface area contributed by atoms with Gasteiger partial charge in [0.1, 0.15) is 4.75 Å². The van der Waals surface area contributed by atoms with Crippen molar-refractivity contribution in [2.75, 3.05) is 6.61 Å². The predicted octanol–water partition coefficient (Wildman–Crippen LogP) is 4.48. The Hall–Kier alpha value is 0.130. The van der Waals surface area contributed by atoms with Crippen LogP contribution >= 0.6 is 0 Å². The van der Waals surface area contributed by atoms with Crippen LogP contribution in [0.1, 0.15) is 111 Å². The number of unbranched alkanes of at least 4 members (excludes halogenated alkanes) is 12. The van der Waals surface area contributed by atoms with Crippen molar-refractivity contribution >= 4 is 10.1 Å². The topological polar surface area (TPSA) is 43.4 Å². The molecule has 164 valence electrons. The van der Waals surface area contributed by atoms with Crippen LogP contribution in [-0.4, -0.2) is 15.0 Å².